The molecule has 240 valence electrons. The van der Waals surface area contributed by atoms with E-state index < -0.39 is 46.1 Å². The number of aliphatic carboxylic acids is 2. The van der Waals surface area contributed by atoms with Gasteiger partial charge < -0.3 is 26.0 Å². The zero-order valence-electron chi connectivity index (χ0n) is 26.9. The van der Waals surface area contributed by atoms with E-state index in [9.17, 15) is 29.4 Å². The van der Waals surface area contributed by atoms with Crippen LogP contribution in [0.1, 0.15) is 95.4 Å². The second kappa shape index (κ2) is 16.5. The molecule has 0 spiro atoms. The summed E-state index contributed by atoms with van der Waals surface area (Å²) in [7, 11) is 0. The van der Waals surface area contributed by atoms with E-state index >= 15 is 0 Å². The number of carboxylic acid groups (broad SMARTS) is 2. The zero-order valence-corrected chi connectivity index (χ0v) is 28.5. The Kier molecular flexibility index (Phi) is 16.0. The Balaban J connectivity index is 4.87. The lowest BCUT2D eigenvalue weighted by atomic mass is 9.86. The van der Waals surface area contributed by atoms with Gasteiger partial charge in [0.05, 0.1) is 11.3 Å². The van der Waals surface area contributed by atoms with Gasteiger partial charge >= 0.3 is 11.9 Å². The molecule has 0 saturated carbocycles. The zero-order chi connectivity index (χ0) is 32.4. The minimum absolute atomic E-state index is 0.00731. The van der Waals surface area contributed by atoms with Crippen molar-refractivity contribution < 1.29 is 34.1 Å². The molecule has 10 nitrogen and oxygen atoms in total. The number of rotatable bonds is 20. The second-order valence-corrected chi connectivity index (χ2v) is 16.4. The minimum atomic E-state index is -1.12. The molecule has 0 rings (SSSR count). The summed E-state index contributed by atoms with van der Waals surface area (Å²) in [5, 5.41) is 24.8. The molecule has 4 unspecified atom stereocenters. The van der Waals surface area contributed by atoms with Crippen molar-refractivity contribution in [2.24, 2.45) is 16.6 Å². The fraction of sp³-hybridized carbons (Fsp3) is 0.862. The van der Waals surface area contributed by atoms with Gasteiger partial charge in [0, 0.05) is 45.9 Å². The Morgan fingerprint density at radius 1 is 0.805 bits per heavy atom. The molecule has 0 aliphatic rings. The molecule has 0 saturated heterocycles. The highest BCUT2D eigenvalue weighted by Gasteiger charge is 2.33. The first kappa shape index (κ1) is 39.7. The molecule has 0 aromatic heterocycles. The van der Waals surface area contributed by atoms with E-state index in [1.54, 1.807) is 27.7 Å². The molecule has 0 bridgehead atoms. The summed E-state index contributed by atoms with van der Waals surface area (Å²) in [4.78, 5) is 48.8. The van der Waals surface area contributed by atoms with Crippen molar-refractivity contribution >= 4 is 47.2 Å². The summed E-state index contributed by atoms with van der Waals surface area (Å²) in [6.07, 6.45) is 1.37. The van der Waals surface area contributed by atoms with Gasteiger partial charge in [0.25, 0.3) is 0 Å². The van der Waals surface area contributed by atoms with Crippen LogP contribution in [0.4, 0.5) is 0 Å². The molecular weight excluding hydrogens is 566 g/mol. The second-order valence-electron chi connectivity index (χ2n) is 13.6. The number of carbonyl (C=O) groups is 4. The van der Waals surface area contributed by atoms with Crippen LogP contribution in [-0.4, -0.2) is 85.8 Å². The average molecular weight is 622 g/mol. The maximum atomic E-state index is 13.0. The summed E-state index contributed by atoms with van der Waals surface area (Å²) >= 11 is 2.89. The minimum Gasteiger partial charge on any atom is -0.480 e. The maximum Gasteiger partial charge on any atom is 0.327 e. The fourth-order valence-corrected chi connectivity index (χ4v) is 5.93. The van der Waals surface area contributed by atoms with Gasteiger partial charge in [-0.1, -0.05) is 48.5 Å². The number of nitrogens with two attached hydrogens (primary N) is 1. The van der Waals surface area contributed by atoms with Crippen LogP contribution >= 0.6 is 23.5 Å². The van der Waals surface area contributed by atoms with Crippen molar-refractivity contribution in [2.45, 2.75) is 129 Å². The number of thioether (sulfide) groups is 2. The number of hydrogen-bond acceptors (Lipinski definition) is 9. The fourth-order valence-electron chi connectivity index (χ4n) is 3.48. The molecule has 6 N–H and O–H groups in total. The molecule has 0 aliphatic heterocycles. The van der Waals surface area contributed by atoms with E-state index in [1.165, 1.54) is 23.5 Å². The molecule has 0 aliphatic carbocycles. The lowest BCUT2D eigenvalue weighted by molar-refractivity contribution is -0.143. The molecular formula is C29H55N3O7S2. The Morgan fingerprint density at radius 3 is 1.68 bits per heavy atom. The molecule has 0 aromatic rings. The van der Waals surface area contributed by atoms with E-state index in [-0.39, 0.29) is 27.9 Å². The van der Waals surface area contributed by atoms with E-state index in [2.05, 4.69) is 10.6 Å². The van der Waals surface area contributed by atoms with Crippen molar-refractivity contribution in [3.8, 4) is 0 Å². The lowest BCUT2D eigenvalue weighted by Gasteiger charge is -2.30. The number of amides is 1. The first-order chi connectivity index (χ1) is 18.4. The number of Topliss-reactive ketones (excluding diaryl/α,β-unsaturated/α-hetero) is 1. The number of hydrogen-bond donors (Lipinski definition) is 5. The summed E-state index contributed by atoms with van der Waals surface area (Å²) in [6.45, 7) is 20.7. The largest absolute Gasteiger partial charge is 0.480 e. The average Bonchev–Trinajstić information content (AvgIpc) is 2.80. The summed E-state index contributed by atoms with van der Waals surface area (Å²) in [6, 6.07) is -1.88. The first-order valence-corrected chi connectivity index (χ1v) is 16.2. The van der Waals surface area contributed by atoms with Gasteiger partial charge in [-0.05, 0) is 40.5 Å². The number of ketones is 1. The summed E-state index contributed by atoms with van der Waals surface area (Å²) < 4.78 is 6.01. The third-order valence-corrected chi connectivity index (χ3v) is 9.88. The summed E-state index contributed by atoms with van der Waals surface area (Å²) in [5.41, 5.74) is 3.29. The third-order valence-electron chi connectivity index (χ3n) is 6.79. The smallest absolute Gasteiger partial charge is 0.327 e. The van der Waals surface area contributed by atoms with Crippen molar-refractivity contribution in [1.29, 1.82) is 0 Å². The van der Waals surface area contributed by atoms with Gasteiger partial charge in [-0.2, -0.15) is 23.5 Å². The van der Waals surface area contributed by atoms with Crippen LogP contribution in [0.15, 0.2) is 0 Å². The highest BCUT2D eigenvalue weighted by atomic mass is 32.2. The Hall–Kier alpha value is -1.34. The van der Waals surface area contributed by atoms with Crippen molar-refractivity contribution in [3.05, 3.63) is 0 Å². The number of carboxylic acids is 2. The van der Waals surface area contributed by atoms with Crippen LogP contribution in [-0.2, 0) is 23.9 Å². The number of ether oxygens (including phenoxy) is 1. The van der Waals surface area contributed by atoms with Crippen LogP contribution < -0.4 is 16.4 Å². The third kappa shape index (κ3) is 16.8. The maximum absolute atomic E-state index is 13.0. The lowest BCUT2D eigenvalue weighted by Crippen LogP contribution is -2.56. The topological polar surface area (TPSA) is 168 Å². The Bertz CT molecular complexity index is 883. The molecule has 41 heavy (non-hydrogen) atoms. The predicted octanol–water partition coefficient (Wildman–Crippen LogP) is 4.14. The van der Waals surface area contributed by atoms with Gasteiger partial charge in [0.15, 0.2) is 0 Å². The van der Waals surface area contributed by atoms with Crippen LogP contribution in [0.2, 0.25) is 0 Å². The van der Waals surface area contributed by atoms with Crippen molar-refractivity contribution in [3.63, 3.8) is 0 Å². The molecule has 0 heterocycles. The number of nitrogens with one attached hydrogen (secondary N) is 2. The van der Waals surface area contributed by atoms with Crippen LogP contribution in [0.25, 0.3) is 0 Å². The van der Waals surface area contributed by atoms with Gasteiger partial charge in [-0.25, -0.2) is 4.79 Å². The van der Waals surface area contributed by atoms with Gasteiger partial charge in [-0.15, -0.1) is 0 Å². The standard InChI is InChI=1S/C29H55N3O7S2/c1-18(19(2)41-17-21(24(36)37)32-29(10,11)30)40-16-20(23(34)35)31-25(38)27(6,7)14-15-39-28(8,9)13-12-22(33)26(3,4)5/h18-21,32H,12-17,30H2,1-11H3,(H,31,38)(H,34,35)(H,36,37). The number of carbonyl (C=O) groups excluding carboxylic acids is 2. The van der Waals surface area contributed by atoms with Crippen molar-refractivity contribution in [1.82, 2.24) is 10.6 Å². The highest BCUT2D eigenvalue weighted by Crippen LogP contribution is 2.28. The van der Waals surface area contributed by atoms with Crippen molar-refractivity contribution in [2.75, 3.05) is 18.1 Å². The predicted molar refractivity (Wildman–Crippen MR) is 168 cm³/mol. The molecule has 4 atom stereocenters. The molecule has 1 amide bonds. The molecule has 12 heteroatoms. The highest BCUT2D eigenvalue weighted by molar-refractivity contribution is 8.03. The van der Waals surface area contributed by atoms with E-state index in [1.807, 2.05) is 48.5 Å². The van der Waals surface area contributed by atoms with Gasteiger partial charge in [0.2, 0.25) is 5.91 Å². The van der Waals surface area contributed by atoms with Crippen LogP contribution in [0.3, 0.4) is 0 Å². The molecule has 0 fully saturated rings. The van der Waals surface area contributed by atoms with Gasteiger partial charge in [-0.3, -0.25) is 19.7 Å². The molecule has 0 aromatic carbocycles. The quantitative estimate of drug-likeness (QED) is 0.124. The Labute approximate surface area is 255 Å². The van der Waals surface area contributed by atoms with E-state index in [4.69, 9.17) is 10.5 Å². The van der Waals surface area contributed by atoms with E-state index in [0.717, 1.165) is 0 Å². The van der Waals surface area contributed by atoms with Crippen LogP contribution in [0, 0.1) is 10.8 Å². The van der Waals surface area contributed by atoms with Gasteiger partial charge in [0.1, 0.15) is 17.9 Å². The summed E-state index contributed by atoms with van der Waals surface area (Å²) in [5.74, 6) is -1.82. The monoisotopic (exact) mass is 621 g/mol. The van der Waals surface area contributed by atoms with Crippen LogP contribution in [0.5, 0.6) is 0 Å². The normalized spacial score (nSPS) is 16.0. The SMILES string of the molecule is CC(SCC(NC(=O)C(C)(C)CCOC(C)(C)CCC(=O)C(C)(C)C)C(=O)O)C(C)SCC(NC(C)(C)N)C(=O)O. The molecule has 0 radical (unpaired) electrons. The first-order valence-electron chi connectivity index (χ1n) is 14.1. The van der Waals surface area contributed by atoms with E-state index in [0.29, 0.717) is 31.6 Å². The Morgan fingerprint density at radius 2 is 1.27 bits per heavy atom.